The number of aromatic nitrogens is 4. The van der Waals surface area contributed by atoms with Crippen molar-refractivity contribution in [1.29, 1.82) is 0 Å². The summed E-state index contributed by atoms with van der Waals surface area (Å²) >= 11 is 0. The molecular weight excluding hydrogens is 382 g/mol. The molecule has 1 aromatic heterocycles. The number of tetrazole rings is 1. The van der Waals surface area contributed by atoms with Crippen LogP contribution in [0.1, 0.15) is 44.3 Å². The molecule has 6 rings (SSSR count). The van der Waals surface area contributed by atoms with Crippen LogP contribution in [-0.2, 0) is 23.2 Å². The zero-order valence-corrected chi connectivity index (χ0v) is 17.6. The zero-order chi connectivity index (χ0) is 20.7. The van der Waals surface area contributed by atoms with Gasteiger partial charge >= 0.3 is 0 Å². The molecule has 5 aliphatic rings. The van der Waals surface area contributed by atoms with Crippen LogP contribution in [0, 0.1) is 17.8 Å². The minimum Gasteiger partial charge on any atom is -0.350 e. The van der Waals surface area contributed by atoms with Crippen molar-refractivity contribution in [1.82, 2.24) is 35.3 Å². The highest BCUT2D eigenvalue weighted by Crippen LogP contribution is 2.41. The molecule has 9 heteroatoms. The number of likely N-dealkylation sites (tertiary alicyclic amines) is 2. The van der Waals surface area contributed by atoms with Crippen molar-refractivity contribution in [2.24, 2.45) is 24.8 Å². The Morgan fingerprint density at radius 1 is 1.17 bits per heavy atom. The van der Waals surface area contributed by atoms with Gasteiger partial charge in [0, 0.05) is 25.0 Å². The normalized spacial score (nSPS) is 33.4. The van der Waals surface area contributed by atoms with E-state index >= 15 is 0 Å². The van der Waals surface area contributed by atoms with E-state index in [0.717, 1.165) is 45.2 Å². The Morgan fingerprint density at radius 3 is 2.77 bits per heavy atom. The SMILES string of the molecule is Cn1nnc(CN2CCC[C@@H]2C(=O)N[C@@H]2CCN(C(=O)[C@@H]3C[C@@H]4C=C[C@H]3CC4)C2)n1. The summed E-state index contributed by atoms with van der Waals surface area (Å²) in [5, 5.41) is 15.4. The number of carbonyl (C=O) groups excluding carboxylic acids is 2. The maximum atomic E-state index is 13.1. The van der Waals surface area contributed by atoms with E-state index in [-0.39, 0.29) is 23.9 Å². The number of aryl methyl sites for hydroxylation is 1. The Balaban J connectivity index is 1.14. The fourth-order valence-corrected chi connectivity index (χ4v) is 5.71. The highest BCUT2D eigenvalue weighted by molar-refractivity contribution is 5.83. The lowest BCUT2D eigenvalue weighted by atomic mass is 9.68. The summed E-state index contributed by atoms with van der Waals surface area (Å²) in [5.74, 6) is 2.15. The summed E-state index contributed by atoms with van der Waals surface area (Å²) in [6.45, 7) is 2.79. The molecule has 2 amide bonds. The lowest BCUT2D eigenvalue weighted by molar-refractivity contribution is -0.137. The maximum absolute atomic E-state index is 13.1. The van der Waals surface area contributed by atoms with Crippen LogP contribution in [0.25, 0.3) is 0 Å². The average Bonchev–Trinajstić information content (AvgIpc) is 3.50. The summed E-state index contributed by atoms with van der Waals surface area (Å²) < 4.78 is 0. The van der Waals surface area contributed by atoms with Gasteiger partial charge in [-0.25, -0.2) is 0 Å². The number of hydrogen-bond acceptors (Lipinski definition) is 6. The van der Waals surface area contributed by atoms with Crippen molar-refractivity contribution in [2.75, 3.05) is 19.6 Å². The van der Waals surface area contributed by atoms with Gasteiger partial charge in [0.2, 0.25) is 11.8 Å². The maximum Gasteiger partial charge on any atom is 0.237 e. The van der Waals surface area contributed by atoms with Crippen molar-refractivity contribution < 1.29 is 9.59 Å². The summed E-state index contributed by atoms with van der Waals surface area (Å²) in [6.07, 6.45) is 10.6. The Kier molecular flexibility index (Phi) is 5.30. The fourth-order valence-electron chi connectivity index (χ4n) is 5.71. The number of nitrogens with one attached hydrogen (secondary N) is 1. The first-order valence-corrected chi connectivity index (χ1v) is 11.3. The summed E-state index contributed by atoms with van der Waals surface area (Å²) in [5.41, 5.74) is 0. The van der Waals surface area contributed by atoms with Gasteiger partial charge in [0.15, 0.2) is 5.82 Å². The first kappa shape index (κ1) is 19.7. The second-order valence-corrected chi connectivity index (χ2v) is 9.33. The van der Waals surface area contributed by atoms with Crippen molar-refractivity contribution in [2.45, 2.75) is 57.2 Å². The number of fused-ring (bicyclic) bond motifs is 2. The van der Waals surface area contributed by atoms with Gasteiger partial charge in [0.25, 0.3) is 0 Å². The highest BCUT2D eigenvalue weighted by atomic mass is 16.2. The molecule has 3 fully saturated rings. The van der Waals surface area contributed by atoms with Crippen LogP contribution in [0.3, 0.4) is 0 Å². The number of amides is 2. The van der Waals surface area contributed by atoms with Crippen LogP contribution >= 0.6 is 0 Å². The average molecular weight is 414 g/mol. The molecule has 9 nitrogen and oxygen atoms in total. The smallest absolute Gasteiger partial charge is 0.237 e. The van der Waals surface area contributed by atoms with Gasteiger partial charge in [-0.05, 0) is 62.1 Å². The molecule has 5 atom stereocenters. The van der Waals surface area contributed by atoms with E-state index in [4.69, 9.17) is 0 Å². The molecule has 1 N–H and O–H groups in total. The molecule has 2 bridgehead atoms. The minimum atomic E-state index is -0.155. The van der Waals surface area contributed by atoms with E-state index in [1.807, 2.05) is 4.90 Å². The number of hydrogen-bond donors (Lipinski definition) is 1. The molecule has 1 saturated carbocycles. The van der Waals surface area contributed by atoms with E-state index in [9.17, 15) is 9.59 Å². The van der Waals surface area contributed by atoms with E-state index in [2.05, 4.69) is 37.8 Å². The third kappa shape index (κ3) is 3.87. The fraction of sp³-hybridized carbons (Fsp3) is 0.762. The number of carbonyl (C=O) groups is 2. The molecule has 0 radical (unpaired) electrons. The molecule has 0 aromatic carbocycles. The predicted molar refractivity (Wildman–Crippen MR) is 109 cm³/mol. The number of nitrogens with zero attached hydrogens (tertiary/aromatic N) is 6. The first-order valence-electron chi connectivity index (χ1n) is 11.3. The van der Waals surface area contributed by atoms with Crippen molar-refractivity contribution in [3.05, 3.63) is 18.0 Å². The highest BCUT2D eigenvalue weighted by Gasteiger charge is 2.40. The summed E-state index contributed by atoms with van der Waals surface area (Å²) in [6, 6.07) is -0.104. The van der Waals surface area contributed by atoms with Gasteiger partial charge in [0.05, 0.1) is 19.6 Å². The van der Waals surface area contributed by atoms with E-state index < -0.39 is 0 Å². The molecule has 30 heavy (non-hydrogen) atoms. The van der Waals surface area contributed by atoms with Crippen LogP contribution in [0.2, 0.25) is 0 Å². The molecular formula is C21H31N7O2. The van der Waals surface area contributed by atoms with Crippen molar-refractivity contribution >= 4 is 11.8 Å². The minimum absolute atomic E-state index is 0.0508. The molecule has 2 saturated heterocycles. The monoisotopic (exact) mass is 413 g/mol. The van der Waals surface area contributed by atoms with Crippen LogP contribution in [-0.4, -0.2) is 73.5 Å². The number of rotatable bonds is 5. The Bertz CT molecular complexity index is 837. The lowest BCUT2D eigenvalue weighted by Gasteiger charge is -2.38. The third-order valence-corrected chi connectivity index (χ3v) is 7.30. The Labute approximate surface area is 176 Å². The molecule has 0 unspecified atom stereocenters. The molecule has 3 aliphatic carbocycles. The Hall–Kier alpha value is -2.29. The topological polar surface area (TPSA) is 96.3 Å². The summed E-state index contributed by atoms with van der Waals surface area (Å²) in [7, 11) is 1.74. The zero-order valence-electron chi connectivity index (χ0n) is 17.6. The van der Waals surface area contributed by atoms with Crippen molar-refractivity contribution in [3.63, 3.8) is 0 Å². The second-order valence-electron chi connectivity index (χ2n) is 9.33. The molecule has 2 aliphatic heterocycles. The largest absolute Gasteiger partial charge is 0.350 e. The van der Waals surface area contributed by atoms with Gasteiger partial charge in [-0.3, -0.25) is 14.5 Å². The van der Waals surface area contributed by atoms with Gasteiger partial charge in [-0.2, -0.15) is 4.80 Å². The number of allylic oxidation sites excluding steroid dienone is 2. The second kappa shape index (κ2) is 8.09. The van der Waals surface area contributed by atoms with E-state index in [1.165, 1.54) is 11.2 Å². The standard InChI is InChI=1S/C21H31N7O2/c1-26-24-19(23-25-26)13-27-9-2-3-18(27)20(29)22-16-8-10-28(12-16)21(30)17-11-14-4-6-15(17)7-5-14/h4,6,14-18H,2-3,5,7-13H2,1H3,(H,22,29)/t14-,15+,16-,17-,18-/m1/s1. The van der Waals surface area contributed by atoms with Crippen LogP contribution in [0.15, 0.2) is 12.2 Å². The third-order valence-electron chi connectivity index (χ3n) is 7.30. The quantitative estimate of drug-likeness (QED) is 0.706. The predicted octanol–water partition coefficient (Wildman–Crippen LogP) is 0.494. The first-order chi connectivity index (χ1) is 14.6. The van der Waals surface area contributed by atoms with Gasteiger partial charge in [0.1, 0.15) is 0 Å². The van der Waals surface area contributed by atoms with Gasteiger partial charge in [-0.1, -0.05) is 12.2 Å². The van der Waals surface area contributed by atoms with E-state index in [0.29, 0.717) is 36.7 Å². The Morgan fingerprint density at radius 2 is 2.07 bits per heavy atom. The summed E-state index contributed by atoms with van der Waals surface area (Å²) in [4.78, 5) is 31.6. The van der Waals surface area contributed by atoms with Crippen molar-refractivity contribution in [3.8, 4) is 0 Å². The molecule has 1 aromatic rings. The van der Waals surface area contributed by atoms with Crippen LogP contribution in [0.4, 0.5) is 0 Å². The molecule has 0 spiro atoms. The van der Waals surface area contributed by atoms with Gasteiger partial charge in [-0.15, -0.1) is 10.2 Å². The van der Waals surface area contributed by atoms with Gasteiger partial charge < -0.3 is 10.2 Å². The van der Waals surface area contributed by atoms with Crippen LogP contribution < -0.4 is 5.32 Å². The van der Waals surface area contributed by atoms with Crippen LogP contribution in [0.5, 0.6) is 0 Å². The molecule has 162 valence electrons. The lowest BCUT2D eigenvalue weighted by Crippen LogP contribution is -2.48. The molecule has 3 heterocycles. The van der Waals surface area contributed by atoms with E-state index in [1.54, 1.807) is 7.05 Å².